The Morgan fingerprint density at radius 3 is 1.87 bits per heavy atom. The van der Waals surface area contributed by atoms with E-state index in [9.17, 15) is 18.6 Å². The molecular weight excluding hydrogens is 414 g/mol. The van der Waals surface area contributed by atoms with E-state index in [1.54, 1.807) is 0 Å². The standard InChI is InChI=1S/C23H23NO2.CH4O3S/c1-23(14-25,15-26)24-13-22-20-9-5-4-8-18(20)11-19-10-16-6-2-3-7-17(16)12-21(19)22;1-5(2,3)4/h2-12,24-26H,13-15H2,1H3;1H3,(H,2,3,4). The first-order valence-electron chi connectivity index (χ1n) is 9.86. The van der Waals surface area contributed by atoms with Crippen molar-refractivity contribution in [1.82, 2.24) is 5.32 Å². The Hall–Kier alpha value is -2.55. The van der Waals surface area contributed by atoms with Crippen molar-refractivity contribution in [1.29, 1.82) is 0 Å². The molecule has 0 aliphatic carbocycles. The second-order valence-corrected chi connectivity index (χ2v) is 9.43. The van der Waals surface area contributed by atoms with Gasteiger partial charge in [0.15, 0.2) is 0 Å². The molecule has 164 valence electrons. The molecule has 0 radical (unpaired) electrons. The van der Waals surface area contributed by atoms with Gasteiger partial charge in [-0.05, 0) is 63.0 Å². The van der Waals surface area contributed by atoms with Crippen LogP contribution in [0.1, 0.15) is 12.5 Å². The summed E-state index contributed by atoms with van der Waals surface area (Å²) in [6.45, 7) is 2.17. The molecule has 0 spiro atoms. The Morgan fingerprint density at radius 2 is 1.29 bits per heavy atom. The lowest BCUT2D eigenvalue weighted by molar-refractivity contribution is 0.103. The molecule has 4 aromatic rings. The summed E-state index contributed by atoms with van der Waals surface area (Å²) < 4.78 is 25.9. The summed E-state index contributed by atoms with van der Waals surface area (Å²) in [4.78, 5) is 0. The van der Waals surface area contributed by atoms with Crippen LogP contribution in [-0.2, 0) is 16.7 Å². The summed E-state index contributed by atoms with van der Waals surface area (Å²) in [6.07, 6.45) is 0.715. The first-order chi connectivity index (χ1) is 14.6. The van der Waals surface area contributed by atoms with Crippen LogP contribution in [0.4, 0.5) is 0 Å². The van der Waals surface area contributed by atoms with Gasteiger partial charge >= 0.3 is 0 Å². The van der Waals surface area contributed by atoms with Crippen LogP contribution in [0.3, 0.4) is 0 Å². The Labute approximate surface area is 181 Å². The maximum absolute atomic E-state index is 9.61. The molecule has 0 fully saturated rings. The van der Waals surface area contributed by atoms with E-state index in [-0.39, 0.29) is 13.2 Å². The van der Waals surface area contributed by atoms with Crippen molar-refractivity contribution in [2.24, 2.45) is 0 Å². The Kier molecular flexibility index (Phi) is 6.93. The summed E-state index contributed by atoms with van der Waals surface area (Å²) in [5.41, 5.74) is 0.483. The van der Waals surface area contributed by atoms with Crippen LogP contribution in [0.2, 0.25) is 0 Å². The number of rotatable bonds is 5. The van der Waals surface area contributed by atoms with E-state index >= 15 is 0 Å². The fourth-order valence-corrected chi connectivity index (χ4v) is 3.50. The fourth-order valence-electron chi connectivity index (χ4n) is 3.50. The number of hydrogen-bond acceptors (Lipinski definition) is 5. The maximum Gasteiger partial charge on any atom is 0.261 e. The van der Waals surface area contributed by atoms with E-state index in [0.29, 0.717) is 12.8 Å². The molecule has 0 aromatic heterocycles. The molecule has 0 bridgehead atoms. The summed E-state index contributed by atoms with van der Waals surface area (Å²) in [6, 6.07) is 23.5. The lowest BCUT2D eigenvalue weighted by Gasteiger charge is -2.27. The minimum absolute atomic E-state index is 0.116. The average molecular weight is 442 g/mol. The largest absolute Gasteiger partial charge is 0.394 e. The number of hydrogen-bond donors (Lipinski definition) is 4. The van der Waals surface area contributed by atoms with Gasteiger partial charge in [0.2, 0.25) is 0 Å². The molecule has 31 heavy (non-hydrogen) atoms. The van der Waals surface area contributed by atoms with Gasteiger partial charge in [-0.25, -0.2) is 0 Å². The van der Waals surface area contributed by atoms with Gasteiger partial charge in [-0.1, -0.05) is 48.5 Å². The van der Waals surface area contributed by atoms with E-state index in [2.05, 4.69) is 72.0 Å². The van der Waals surface area contributed by atoms with Gasteiger partial charge in [0.05, 0.1) is 25.0 Å². The molecule has 7 heteroatoms. The van der Waals surface area contributed by atoms with E-state index in [0.717, 1.165) is 0 Å². The zero-order chi connectivity index (χ0) is 22.6. The van der Waals surface area contributed by atoms with Crippen molar-refractivity contribution in [2.45, 2.75) is 19.0 Å². The van der Waals surface area contributed by atoms with Crippen molar-refractivity contribution < 1.29 is 23.2 Å². The van der Waals surface area contributed by atoms with Crippen molar-refractivity contribution in [3.63, 3.8) is 0 Å². The monoisotopic (exact) mass is 441 g/mol. The molecule has 6 nitrogen and oxygen atoms in total. The van der Waals surface area contributed by atoms with Crippen LogP contribution in [0, 0.1) is 0 Å². The SMILES string of the molecule is CC(CO)(CO)NCc1c2ccccc2cc2cc3ccccc3cc12.CS(=O)(=O)O. The summed E-state index contributed by atoms with van der Waals surface area (Å²) in [5.74, 6) is 0. The zero-order valence-electron chi connectivity index (χ0n) is 17.5. The van der Waals surface area contributed by atoms with Gasteiger partial charge in [0, 0.05) is 6.54 Å². The highest BCUT2D eigenvalue weighted by Crippen LogP contribution is 2.32. The first-order valence-corrected chi connectivity index (χ1v) is 11.7. The highest BCUT2D eigenvalue weighted by atomic mass is 32.2. The van der Waals surface area contributed by atoms with E-state index in [1.165, 1.54) is 37.9 Å². The number of fused-ring (bicyclic) bond motifs is 3. The van der Waals surface area contributed by atoms with Crippen LogP contribution in [0.15, 0.2) is 66.7 Å². The fraction of sp³-hybridized carbons (Fsp3) is 0.250. The molecular formula is C24H27NO5S. The van der Waals surface area contributed by atoms with Crippen molar-refractivity contribution >= 4 is 42.4 Å². The van der Waals surface area contributed by atoms with Gasteiger partial charge in [0.1, 0.15) is 0 Å². The molecule has 0 heterocycles. The Bertz CT molecular complexity index is 1300. The summed E-state index contributed by atoms with van der Waals surface area (Å²) in [5, 5.41) is 29.8. The molecule has 0 atom stereocenters. The smallest absolute Gasteiger partial charge is 0.261 e. The number of aliphatic hydroxyl groups excluding tert-OH is 2. The second kappa shape index (κ2) is 9.30. The lowest BCUT2D eigenvalue weighted by atomic mass is 9.93. The van der Waals surface area contributed by atoms with Crippen LogP contribution in [-0.4, -0.2) is 48.2 Å². The molecule has 0 aliphatic heterocycles. The molecule has 0 saturated carbocycles. The van der Waals surface area contributed by atoms with Gasteiger partial charge < -0.3 is 15.5 Å². The predicted octanol–water partition coefficient (Wildman–Crippen LogP) is 3.48. The van der Waals surface area contributed by atoms with Gasteiger partial charge in [-0.15, -0.1) is 0 Å². The van der Waals surface area contributed by atoms with Crippen molar-refractivity contribution in [3.8, 4) is 0 Å². The van der Waals surface area contributed by atoms with E-state index < -0.39 is 15.7 Å². The van der Waals surface area contributed by atoms with Gasteiger partial charge in [-0.2, -0.15) is 8.42 Å². The molecule has 4 N–H and O–H groups in total. The minimum Gasteiger partial charge on any atom is -0.394 e. The molecule has 4 rings (SSSR count). The van der Waals surface area contributed by atoms with Crippen LogP contribution >= 0.6 is 0 Å². The van der Waals surface area contributed by atoms with Gasteiger partial charge in [0.25, 0.3) is 10.1 Å². The topological polar surface area (TPSA) is 107 Å². The highest BCUT2D eigenvalue weighted by Gasteiger charge is 2.22. The van der Waals surface area contributed by atoms with Crippen LogP contribution < -0.4 is 5.32 Å². The summed E-state index contributed by atoms with van der Waals surface area (Å²) in [7, 11) is -3.67. The van der Waals surface area contributed by atoms with Crippen molar-refractivity contribution in [3.05, 3.63) is 72.3 Å². The zero-order valence-corrected chi connectivity index (χ0v) is 18.4. The third-order valence-corrected chi connectivity index (χ3v) is 5.23. The number of benzene rings is 4. The molecule has 0 unspecified atom stereocenters. The maximum atomic E-state index is 9.61. The van der Waals surface area contributed by atoms with E-state index in [1.807, 2.05) is 6.92 Å². The first kappa shape index (κ1) is 23.1. The molecule has 0 aliphatic rings. The lowest BCUT2D eigenvalue weighted by Crippen LogP contribution is -2.48. The molecule has 0 saturated heterocycles. The third kappa shape index (κ3) is 5.78. The quantitative estimate of drug-likeness (QED) is 0.279. The number of nitrogens with one attached hydrogen (secondary N) is 1. The van der Waals surface area contributed by atoms with Gasteiger partial charge in [-0.3, -0.25) is 4.55 Å². The molecule has 0 amide bonds. The average Bonchev–Trinajstić information content (AvgIpc) is 2.74. The highest BCUT2D eigenvalue weighted by molar-refractivity contribution is 7.85. The normalized spacial score (nSPS) is 12.2. The van der Waals surface area contributed by atoms with Crippen LogP contribution in [0.25, 0.3) is 32.3 Å². The van der Waals surface area contributed by atoms with Crippen LogP contribution in [0.5, 0.6) is 0 Å². The minimum atomic E-state index is -3.67. The number of aliphatic hydroxyl groups is 2. The van der Waals surface area contributed by atoms with Crippen molar-refractivity contribution in [2.75, 3.05) is 19.5 Å². The second-order valence-electron chi connectivity index (χ2n) is 7.96. The summed E-state index contributed by atoms with van der Waals surface area (Å²) >= 11 is 0. The predicted molar refractivity (Wildman–Crippen MR) is 126 cm³/mol. The Morgan fingerprint density at radius 1 is 0.806 bits per heavy atom. The Balaban J connectivity index is 0.000000491. The third-order valence-electron chi connectivity index (χ3n) is 5.23. The van der Waals surface area contributed by atoms with E-state index in [4.69, 9.17) is 4.55 Å². The molecule has 4 aromatic carbocycles.